The summed E-state index contributed by atoms with van der Waals surface area (Å²) in [5, 5.41) is 17.7. The van der Waals surface area contributed by atoms with Gasteiger partial charge in [0.25, 0.3) is 5.69 Å². The van der Waals surface area contributed by atoms with Gasteiger partial charge < -0.3 is 15.4 Å². The van der Waals surface area contributed by atoms with Crippen molar-refractivity contribution in [3.8, 4) is 0 Å². The van der Waals surface area contributed by atoms with E-state index in [0.29, 0.717) is 12.6 Å². The van der Waals surface area contributed by atoms with Crippen LogP contribution in [0.5, 0.6) is 0 Å². The molecule has 1 aliphatic carbocycles. The Morgan fingerprint density at radius 1 is 1.21 bits per heavy atom. The van der Waals surface area contributed by atoms with Gasteiger partial charge in [-0.15, -0.1) is 24.0 Å². The van der Waals surface area contributed by atoms with Gasteiger partial charge in [-0.25, -0.2) is 4.99 Å². The van der Waals surface area contributed by atoms with Crippen LogP contribution in [0, 0.1) is 10.1 Å². The van der Waals surface area contributed by atoms with Gasteiger partial charge in [-0.05, 0) is 18.4 Å². The topological polar surface area (TPSA) is 92.0 Å². The van der Waals surface area contributed by atoms with Gasteiger partial charge in [-0.1, -0.05) is 25.0 Å². The van der Waals surface area contributed by atoms with E-state index in [1.807, 2.05) is 0 Å². The van der Waals surface area contributed by atoms with Crippen molar-refractivity contribution in [1.82, 2.24) is 15.5 Å². The zero-order valence-corrected chi connectivity index (χ0v) is 18.5. The summed E-state index contributed by atoms with van der Waals surface area (Å²) in [6.07, 6.45) is 4.89. The van der Waals surface area contributed by atoms with Crippen LogP contribution in [0.4, 0.5) is 5.69 Å². The molecule has 1 saturated carbocycles. The van der Waals surface area contributed by atoms with Crippen molar-refractivity contribution in [1.29, 1.82) is 0 Å². The highest BCUT2D eigenvalue weighted by Crippen LogP contribution is 2.17. The molecule has 0 atom stereocenters. The van der Waals surface area contributed by atoms with Gasteiger partial charge in [0.1, 0.15) is 0 Å². The number of halogens is 1. The third-order valence-corrected chi connectivity index (χ3v) is 5.09. The second kappa shape index (κ2) is 12.2. The molecule has 8 nitrogen and oxygen atoms in total. The monoisotopic (exact) mass is 503 g/mol. The fourth-order valence-electron chi connectivity index (χ4n) is 3.47. The number of nitrogens with one attached hydrogen (secondary N) is 2. The SMILES string of the molecule is I.O=[N+]([O-])c1ccc(CN=C(NCCN2CCOCC2)NC2CCCC2)cc1. The predicted octanol–water partition coefficient (Wildman–Crippen LogP) is 2.52. The molecule has 0 radical (unpaired) electrons. The van der Waals surface area contributed by atoms with E-state index in [9.17, 15) is 10.1 Å². The molecule has 9 heteroatoms. The molecule has 1 aromatic rings. The van der Waals surface area contributed by atoms with Gasteiger partial charge >= 0.3 is 0 Å². The lowest BCUT2D eigenvalue weighted by Gasteiger charge is -2.27. The summed E-state index contributed by atoms with van der Waals surface area (Å²) >= 11 is 0. The van der Waals surface area contributed by atoms with Crippen molar-refractivity contribution < 1.29 is 9.66 Å². The maximum Gasteiger partial charge on any atom is 0.269 e. The molecule has 1 saturated heterocycles. The average molecular weight is 503 g/mol. The van der Waals surface area contributed by atoms with E-state index >= 15 is 0 Å². The standard InChI is InChI=1S/C19H29N5O3.HI/c25-24(26)18-7-5-16(6-8-18)15-21-19(22-17-3-1-2-4-17)20-9-10-23-11-13-27-14-12-23;/h5-8,17H,1-4,9-15H2,(H2,20,21,22);1H. The average Bonchev–Trinajstić information content (AvgIpc) is 3.20. The molecule has 0 unspecified atom stereocenters. The molecule has 1 aromatic carbocycles. The van der Waals surface area contributed by atoms with Crippen molar-refractivity contribution in [3.05, 3.63) is 39.9 Å². The number of nitro benzene ring substituents is 1. The molecule has 2 aliphatic rings. The smallest absolute Gasteiger partial charge is 0.269 e. The fourth-order valence-corrected chi connectivity index (χ4v) is 3.47. The number of benzene rings is 1. The van der Waals surface area contributed by atoms with Crippen LogP contribution in [0.3, 0.4) is 0 Å². The number of nitrogens with zero attached hydrogens (tertiary/aromatic N) is 3. The lowest BCUT2D eigenvalue weighted by Crippen LogP contribution is -2.46. The van der Waals surface area contributed by atoms with E-state index in [2.05, 4.69) is 15.5 Å². The molecule has 2 fully saturated rings. The van der Waals surface area contributed by atoms with E-state index in [-0.39, 0.29) is 34.6 Å². The number of hydrogen-bond donors (Lipinski definition) is 2. The quantitative estimate of drug-likeness (QED) is 0.195. The first-order valence-corrected chi connectivity index (χ1v) is 9.79. The van der Waals surface area contributed by atoms with Gasteiger partial charge in [0, 0.05) is 44.4 Å². The molecule has 0 amide bonds. The van der Waals surface area contributed by atoms with Crippen LogP contribution < -0.4 is 10.6 Å². The minimum Gasteiger partial charge on any atom is -0.379 e. The van der Waals surface area contributed by atoms with E-state index in [4.69, 9.17) is 9.73 Å². The minimum atomic E-state index is -0.382. The van der Waals surface area contributed by atoms with E-state index in [1.165, 1.54) is 37.8 Å². The number of aliphatic imine (C=N–C) groups is 1. The maximum atomic E-state index is 10.8. The number of nitro groups is 1. The minimum absolute atomic E-state index is 0. The third kappa shape index (κ3) is 7.51. The van der Waals surface area contributed by atoms with Crippen molar-refractivity contribution >= 4 is 35.6 Å². The van der Waals surface area contributed by atoms with Crippen LogP contribution >= 0.6 is 24.0 Å². The Morgan fingerprint density at radius 2 is 1.89 bits per heavy atom. The first-order valence-electron chi connectivity index (χ1n) is 9.79. The summed E-state index contributed by atoms with van der Waals surface area (Å²) in [6.45, 7) is 5.87. The van der Waals surface area contributed by atoms with Crippen molar-refractivity contribution in [3.63, 3.8) is 0 Å². The summed E-state index contributed by atoms with van der Waals surface area (Å²) in [7, 11) is 0. The van der Waals surface area contributed by atoms with Crippen LogP contribution in [0.15, 0.2) is 29.3 Å². The molecule has 28 heavy (non-hydrogen) atoms. The van der Waals surface area contributed by atoms with Gasteiger partial charge in [-0.2, -0.15) is 0 Å². The van der Waals surface area contributed by atoms with Crippen molar-refractivity contribution in [2.24, 2.45) is 4.99 Å². The zero-order chi connectivity index (χ0) is 18.9. The lowest BCUT2D eigenvalue weighted by molar-refractivity contribution is -0.384. The molecular formula is C19H30IN5O3. The molecule has 0 bridgehead atoms. The maximum absolute atomic E-state index is 10.8. The Labute approximate surface area is 183 Å². The summed E-state index contributed by atoms with van der Waals surface area (Å²) in [5.41, 5.74) is 1.07. The van der Waals surface area contributed by atoms with Crippen molar-refractivity contribution in [2.75, 3.05) is 39.4 Å². The third-order valence-electron chi connectivity index (χ3n) is 5.09. The predicted molar refractivity (Wildman–Crippen MR) is 120 cm³/mol. The van der Waals surface area contributed by atoms with Crippen LogP contribution in [0.25, 0.3) is 0 Å². The first kappa shape index (κ1) is 22.8. The number of ether oxygens (including phenoxy) is 1. The molecule has 1 heterocycles. The highest BCUT2D eigenvalue weighted by Gasteiger charge is 2.16. The number of rotatable bonds is 7. The Hall–Kier alpha value is -1.46. The molecule has 1 aliphatic heterocycles. The van der Waals surface area contributed by atoms with Crippen LogP contribution in [0.1, 0.15) is 31.2 Å². The van der Waals surface area contributed by atoms with Gasteiger partial charge in [0.05, 0.1) is 24.7 Å². The normalized spacial score (nSPS) is 18.5. The highest BCUT2D eigenvalue weighted by atomic mass is 127. The molecule has 3 rings (SSSR count). The lowest BCUT2D eigenvalue weighted by atomic mass is 10.2. The summed E-state index contributed by atoms with van der Waals surface area (Å²) < 4.78 is 5.39. The second-order valence-electron chi connectivity index (χ2n) is 7.09. The number of non-ortho nitro benzene ring substituents is 1. The second-order valence-corrected chi connectivity index (χ2v) is 7.09. The van der Waals surface area contributed by atoms with Crippen LogP contribution in [-0.2, 0) is 11.3 Å². The number of hydrogen-bond acceptors (Lipinski definition) is 5. The Bertz CT molecular complexity index is 629. The Balaban J connectivity index is 0.00000280. The first-order chi connectivity index (χ1) is 13.2. The molecule has 156 valence electrons. The van der Waals surface area contributed by atoms with E-state index in [0.717, 1.165) is 50.9 Å². The van der Waals surface area contributed by atoms with Gasteiger partial charge in [0.15, 0.2) is 5.96 Å². The molecule has 0 aromatic heterocycles. The number of morpholine rings is 1. The summed E-state index contributed by atoms with van der Waals surface area (Å²) in [4.78, 5) is 17.5. The molecule has 0 spiro atoms. The Morgan fingerprint density at radius 3 is 2.54 bits per heavy atom. The van der Waals surface area contributed by atoms with Gasteiger partial charge in [-0.3, -0.25) is 15.0 Å². The summed E-state index contributed by atoms with van der Waals surface area (Å²) in [6, 6.07) is 7.07. The highest BCUT2D eigenvalue weighted by molar-refractivity contribution is 14.0. The van der Waals surface area contributed by atoms with E-state index < -0.39 is 0 Å². The van der Waals surface area contributed by atoms with Crippen LogP contribution in [0.2, 0.25) is 0 Å². The largest absolute Gasteiger partial charge is 0.379 e. The zero-order valence-electron chi connectivity index (χ0n) is 16.1. The van der Waals surface area contributed by atoms with Crippen LogP contribution in [-0.4, -0.2) is 61.2 Å². The van der Waals surface area contributed by atoms with Gasteiger partial charge in [0.2, 0.25) is 0 Å². The van der Waals surface area contributed by atoms with Crippen molar-refractivity contribution in [2.45, 2.75) is 38.3 Å². The molecule has 2 N–H and O–H groups in total. The van der Waals surface area contributed by atoms with E-state index in [1.54, 1.807) is 12.1 Å². The Kier molecular flexibility index (Phi) is 9.93. The molecular weight excluding hydrogens is 473 g/mol. The summed E-state index contributed by atoms with van der Waals surface area (Å²) in [5.74, 6) is 0.827. The number of guanidine groups is 1. The fraction of sp³-hybridized carbons (Fsp3) is 0.632.